The van der Waals surface area contributed by atoms with Crippen LogP contribution in [-0.4, -0.2) is 16.1 Å². The Morgan fingerprint density at radius 1 is 1.39 bits per heavy atom. The molecule has 0 saturated carbocycles. The third-order valence-electron chi connectivity index (χ3n) is 2.53. The van der Waals surface area contributed by atoms with Gasteiger partial charge in [-0.25, -0.2) is 9.78 Å². The number of hydrogen-bond acceptors (Lipinski definition) is 4. The number of carboxylic acids is 1. The van der Waals surface area contributed by atoms with Crippen LogP contribution in [0.5, 0.6) is 0 Å². The van der Waals surface area contributed by atoms with Gasteiger partial charge in [-0.3, -0.25) is 0 Å². The van der Waals surface area contributed by atoms with Crippen LogP contribution in [0.3, 0.4) is 0 Å². The topological polar surface area (TPSA) is 62.2 Å². The first kappa shape index (κ1) is 12.6. The number of carboxylic acid groups (broad SMARTS) is 1. The Morgan fingerprint density at radius 3 is 2.83 bits per heavy atom. The maximum absolute atomic E-state index is 11.0. The minimum Gasteiger partial charge on any atom is -0.476 e. The lowest BCUT2D eigenvalue weighted by Crippen LogP contribution is -2.07. The first-order valence-corrected chi connectivity index (χ1v) is 6.52. The molecule has 0 bridgehead atoms. The molecule has 0 unspecified atom stereocenters. The summed E-state index contributed by atoms with van der Waals surface area (Å²) in [5.74, 6) is -1.02. The molecule has 4 nitrogen and oxygen atoms in total. The third-order valence-corrected chi connectivity index (χ3v) is 3.76. The lowest BCUT2D eigenvalue weighted by Gasteiger charge is -2.07. The number of nitrogens with zero attached hydrogens (tertiary/aromatic N) is 1. The second-order valence-corrected chi connectivity index (χ2v) is 5.03. The summed E-state index contributed by atoms with van der Waals surface area (Å²) in [5.41, 5.74) is 0.612. The highest BCUT2D eigenvalue weighted by Crippen LogP contribution is 2.19. The van der Waals surface area contributed by atoms with Crippen molar-refractivity contribution in [1.82, 2.24) is 4.98 Å². The molecule has 0 aliphatic carbocycles. The van der Waals surface area contributed by atoms with Gasteiger partial charge in [-0.1, -0.05) is 6.92 Å². The molecule has 0 aromatic carbocycles. The molecule has 0 amide bonds. The molecule has 0 fully saturated rings. The van der Waals surface area contributed by atoms with Gasteiger partial charge in [0.25, 0.3) is 0 Å². The quantitative estimate of drug-likeness (QED) is 0.869. The monoisotopic (exact) mass is 262 g/mol. The Morgan fingerprint density at radius 2 is 2.17 bits per heavy atom. The molecule has 0 radical (unpaired) electrons. The van der Waals surface area contributed by atoms with Crippen molar-refractivity contribution in [2.75, 3.05) is 5.32 Å². The second kappa shape index (κ2) is 5.64. The first-order chi connectivity index (χ1) is 8.70. The maximum atomic E-state index is 11.0. The first-order valence-electron chi connectivity index (χ1n) is 5.70. The number of pyridine rings is 1. The average Bonchev–Trinajstić information content (AvgIpc) is 2.84. The smallest absolute Gasteiger partial charge is 0.356 e. The van der Waals surface area contributed by atoms with Crippen molar-refractivity contribution in [3.63, 3.8) is 0 Å². The lowest BCUT2D eigenvalue weighted by molar-refractivity contribution is 0.0691. The highest BCUT2D eigenvalue weighted by molar-refractivity contribution is 7.12. The van der Waals surface area contributed by atoms with Gasteiger partial charge in [0.15, 0.2) is 5.69 Å². The molecule has 18 heavy (non-hydrogen) atoms. The predicted molar refractivity (Wildman–Crippen MR) is 72.2 cm³/mol. The van der Waals surface area contributed by atoms with Crippen molar-refractivity contribution in [2.24, 2.45) is 0 Å². The van der Waals surface area contributed by atoms with E-state index in [1.165, 1.54) is 16.0 Å². The number of aromatic carboxylic acids is 1. The zero-order valence-electron chi connectivity index (χ0n) is 10.0. The van der Waals surface area contributed by atoms with E-state index < -0.39 is 5.97 Å². The Kier molecular flexibility index (Phi) is 3.94. The van der Waals surface area contributed by atoms with Crippen LogP contribution < -0.4 is 5.32 Å². The molecule has 2 heterocycles. The van der Waals surface area contributed by atoms with E-state index in [1.807, 2.05) is 0 Å². The van der Waals surface area contributed by atoms with Gasteiger partial charge in [0.05, 0.1) is 5.69 Å². The number of hydrogen-bond donors (Lipinski definition) is 2. The van der Waals surface area contributed by atoms with Gasteiger partial charge in [0, 0.05) is 22.5 Å². The van der Waals surface area contributed by atoms with Crippen molar-refractivity contribution in [3.05, 3.63) is 45.9 Å². The van der Waals surface area contributed by atoms with Gasteiger partial charge in [0.2, 0.25) is 0 Å². The Hall–Kier alpha value is -1.88. The standard InChI is InChI=1S/C13H14N2O2S/c1-2-9-5-6-10(18-9)8-15-11-4-3-7-14-12(11)13(16)17/h3-7,15H,2,8H2,1H3,(H,16,17). The summed E-state index contributed by atoms with van der Waals surface area (Å²) in [6.07, 6.45) is 2.51. The third kappa shape index (κ3) is 2.87. The summed E-state index contributed by atoms with van der Waals surface area (Å²) in [4.78, 5) is 17.4. The molecule has 2 aromatic rings. The van der Waals surface area contributed by atoms with Crippen molar-refractivity contribution < 1.29 is 9.90 Å². The minimum atomic E-state index is -1.02. The molecule has 2 aromatic heterocycles. The van der Waals surface area contributed by atoms with Crippen LogP contribution in [0.4, 0.5) is 5.69 Å². The van der Waals surface area contributed by atoms with Crippen LogP contribution in [0, 0.1) is 0 Å². The Labute approximate surface area is 109 Å². The fourth-order valence-electron chi connectivity index (χ4n) is 1.61. The van der Waals surface area contributed by atoms with Crippen molar-refractivity contribution in [1.29, 1.82) is 0 Å². The van der Waals surface area contributed by atoms with Gasteiger partial charge in [-0.2, -0.15) is 0 Å². The number of aryl methyl sites for hydroxylation is 1. The highest BCUT2D eigenvalue weighted by atomic mass is 32.1. The summed E-state index contributed by atoms with van der Waals surface area (Å²) in [6, 6.07) is 7.61. The van der Waals surface area contributed by atoms with E-state index in [1.54, 1.807) is 23.5 Å². The van der Waals surface area contributed by atoms with Crippen molar-refractivity contribution in [2.45, 2.75) is 19.9 Å². The Bertz CT molecular complexity index is 551. The second-order valence-electron chi connectivity index (χ2n) is 3.78. The maximum Gasteiger partial charge on any atom is 0.356 e. The average molecular weight is 262 g/mol. The molecule has 0 spiro atoms. The predicted octanol–water partition coefficient (Wildman–Crippen LogP) is 3.02. The highest BCUT2D eigenvalue weighted by Gasteiger charge is 2.10. The fourth-order valence-corrected chi connectivity index (χ4v) is 2.51. The molecule has 0 saturated heterocycles. The normalized spacial score (nSPS) is 10.3. The number of nitrogens with one attached hydrogen (secondary N) is 1. The molecule has 0 aliphatic heterocycles. The van der Waals surface area contributed by atoms with Crippen LogP contribution >= 0.6 is 11.3 Å². The van der Waals surface area contributed by atoms with Gasteiger partial charge in [0.1, 0.15) is 0 Å². The number of carbonyl (C=O) groups is 1. The molecule has 5 heteroatoms. The van der Waals surface area contributed by atoms with Crippen molar-refractivity contribution >= 4 is 23.0 Å². The zero-order chi connectivity index (χ0) is 13.0. The molecular weight excluding hydrogens is 248 g/mol. The number of thiophene rings is 1. The summed E-state index contributed by atoms with van der Waals surface area (Å²) in [6.45, 7) is 2.74. The van der Waals surface area contributed by atoms with Crippen molar-refractivity contribution in [3.8, 4) is 0 Å². The summed E-state index contributed by atoms with van der Waals surface area (Å²) >= 11 is 1.74. The number of aromatic nitrogens is 1. The summed E-state index contributed by atoms with van der Waals surface area (Å²) in [7, 11) is 0. The zero-order valence-corrected chi connectivity index (χ0v) is 10.8. The lowest BCUT2D eigenvalue weighted by atomic mass is 10.3. The van der Waals surface area contributed by atoms with Gasteiger partial charge >= 0.3 is 5.97 Å². The molecule has 2 N–H and O–H groups in total. The SMILES string of the molecule is CCc1ccc(CNc2cccnc2C(=O)O)s1. The van der Waals surface area contributed by atoms with Crippen LogP contribution in [0.25, 0.3) is 0 Å². The van der Waals surface area contributed by atoms with Crippen LogP contribution in [0.2, 0.25) is 0 Å². The van der Waals surface area contributed by atoms with Crippen LogP contribution in [-0.2, 0) is 13.0 Å². The summed E-state index contributed by atoms with van der Waals surface area (Å²) < 4.78 is 0. The molecular formula is C13H14N2O2S. The van der Waals surface area contributed by atoms with Gasteiger partial charge < -0.3 is 10.4 Å². The molecule has 0 aliphatic rings. The van der Waals surface area contributed by atoms with Gasteiger partial charge in [-0.15, -0.1) is 11.3 Å². The summed E-state index contributed by atoms with van der Waals surface area (Å²) in [5, 5.41) is 12.1. The minimum absolute atomic E-state index is 0.0600. The molecule has 2 rings (SSSR count). The Balaban J connectivity index is 2.08. The van der Waals surface area contributed by atoms with E-state index >= 15 is 0 Å². The van der Waals surface area contributed by atoms with Gasteiger partial charge in [-0.05, 0) is 30.7 Å². The van der Waals surface area contributed by atoms with Crippen LogP contribution in [0.15, 0.2) is 30.5 Å². The van der Waals surface area contributed by atoms with E-state index in [2.05, 4.69) is 29.4 Å². The van der Waals surface area contributed by atoms with Crippen LogP contribution in [0.1, 0.15) is 27.2 Å². The van der Waals surface area contributed by atoms with E-state index in [0.29, 0.717) is 12.2 Å². The number of anilines is 1. The molecule has 0 atom stereocenters. The largest absolute Gasteiger partial charge is 0.476 e. The fraction of sp³-hybridized carbons (Fsp3) is 0.231. The molecule has 94 valence electrons. The van der Waals surface area contributed by atoms with E-state index in [0.717, 1.165) is 6.42 Å². The number of rotatable bonds is 5. The van der Waals surface area contributed by atoms with E-state index in [9.17, 15) is 4.79 Å². The van der Waals surface area contributed by atoms with E-state index in [-0.39, 0.29) is 5.69 Å². The van der Waals surface area contributed by atoms with E-state index in [4.69, 9.17) is 5.11 Å².